The van der Waals surface area contributed by atoms with Gasteiger partial charge < -0.3 is 14.9 Å². The predicted molar refractivity (Wildman–Crippen MR) is 106 cm³/mol. The first-order valence-electron chi connectivity index (χ1n) is 8.96. The maximum absolute atomic E-state index is 13.4. The first kappa shape index (κ1) is 21.8. The van der Waals surface area contributed by atoms with E-state index in [4.69, 9.17) is 14.2 Å². The zero-order valence-electron chi connectivity index (χ0n) is 15.6. The van der Waals surface area contributed by atoms with Crippen molar-refractivity contribution in [2.75, 3.05) is 13.2 Å². The Morgan fingerprint density at radius 1 is 1.07 bits per heavy atom. The summed E-state index contributed by atoms with van der Waals surface area (Å²) in [6.07, 6.45) is -1.15. The minimum Gasteiger partial charge on any atom is -0.481 e. The first-order chi connectivity index (χ1) is 13.4. The fraction of sp³-hybridized carbons (Fsp3) is 0.300. The molecule has 0 radical (unpaired) electrons. The molecule has 0 heterocycles. The Labute approximate surface area is 164 Å². The summed E-state index contributed by atoms with van der Waals surface area (Å²) in [5.74, 6) is -1.56. The second-order valence-electron chi connectivity index (χ2n) is 5.97. The van der Waals surface area contributed by atoms with Crippen LogP contribution in [-0.4, -0.2) is 36.2 Å². The summed E-state index contributed by atoms with van der Waals surface area (Å²) in [4.78, 5) is 23.3. The maximum atomic E-state index is 13.4. The quantitative estimate of drug-likeness (QED) is 0.558. The van der Waals surface area contributed by atoms with E-state index in [2.05, 4.69) is 5.32 Å². The van der Waals surface area contributed by atoms with Gasteiger partial charge in [-0.1, -0.05) is 48.5 Å². The molecule has 1 amide bonds. The fourth-order valence-corrected chi connectivity index (χ4v) is 4.24. The van der Waals surface area contributed by atoms with Crippen LogP contribution < -0.4 is 10.6 Å². The number of carboxylic acid groups (broad SMARTS) is 1. The Hall–Kier alpha value is -2.47. The van der Waals surface area contributed by atoms with Crippen molar-refractivity contribution in [1.82, 2.24) is 5.32 Å². The third kappa shape index (κ3) is 6.60. The van der Waals surface area contributed by atoms with Crippen LogP contribution in [-0.2, 0) is 29.6 Å². The molecule has 2 atom stereocenters. The average Bonchev–Trinajstić information content (AvgIpc) is 2.69. The van der Waals surface area contributed by atoms with Crippen molar-refractivity contribution in [2.24, 2.45) is 0 Å². The molecule has 0 aliphatic rings. The molecule has 2 rings (SSSR count). The van der Waals surface area contributed by atoms with Crippen LogP contribution in [0, 0.1) is 0 Å². The summed E-state index contributed by atoms with van der Waals surface area (Å²) in [7, 11) is -3.75. The maximum Gasteiger partial charge on any atom is 0.362 e. The zero-order chi connectivity index (χ0) is 20.4. The lowest BCUT2D eigenvalue weighted by Gasteiger charge is -2.24. The summed E-state index contributed by atoms with van der Waals surface area (Å²) in [5.41, 5.74) is 0.817. The van der Waals surface area contributed by atoms with E-state index in [1.54, 1.807) is 37.3 Å². The van der Waals surface area contributed by atoms with Crippen LogP contribution >= 0.6 is 7.60 Å². The van der Waals surface area contributed by atoms with Gasteiger partial charge >= 0.3 is 13.6 Å². The number of rotatable bonds is 11. The molecule has 2 aromatic carbocycles. The number of amides is 1. The van der Waals surface area contributed by atoms with E-state index in [0.29, 0.717) is 5.30 Å². The van der Waals surface area contributed by atoms with E-state index in [1.807, 2.05) is 30.3 Å². The number of carbonyl (C=O) groups excluding carboxylic acids is 1. The van der Waals surface area contributed by atoms with Crippen LogP contribution in [0.15, 0.2) is 60.7 Å². The van der Waals surface area contributed by atoms with E-state index in [9.17, 15) is 14.2 Å². The molecule has 0 aliphatic carbocycles. The van der Waals surface area contributed by atoms with Crippen molar-refractivity contribution in [3.05, 3.63) is 66.2 Å². The standard InChI is InChI=1S/C20H24NO6P/c1-2-26-28(25,17-11-7-4-8-12-17)27-18(15-16-9-5-3-6-10-16)20(24)21-14-13-19(22)23/h3-12,18H,2,13-15H2,1H3,(H,21,24)(H,22,23)/t18-,28?/m0/s1. The third-order valence-electron chi connectivity index (χ3n) is 3.83. The SMILES string of the molecule is CCOP(=O)(O[C@@H](Cc1ccccc1)C(=O)NCCC(=O)O)c1ccccc1. The predicted octanol–water partition coefficient (Wildman–Crippen LogP) is 2.76. The summed E-state index contributed by atoms with van der Waals surface area (Å²) in [5, 5.41) is 11.6. The van der Waals surface area contributed by atoms with Crippen LogP contribution in [0.2, 0.25) is 0 Å². The van der Waals surface area contributed by atoms with E-state index in [-0.39, 0.29) is 26.0 Å². The number of hydrogen-bond acceptors (Lipinski definition) is 5. The molecule has 1 unspecified atom stereocenters. The van der Waals surface area contributed by atoms with Gasteiger partial charge in [0, 0.05) is 13.0 Å². The smallest absolute Gasteiger partial charge is 0.362 e. The Bertz CT molecular complexity index is 812. The van der Waals surface area contributed by atoms with E-state index < -0.39 is 25.6 Å². The average molecular weight is 405 g/mol. The van der Waals surface area contributed by atoms with Gasteiger partial charge in [-0.25, -0.2) is 0 Å². The normalized spacial score (nSPS) is 14.0. The number of nitrogens with one attached hydrogen (secondary N) is 1. The lowest BCUT2D eigenvalue weighted by atomic mass is 10.1. The molecular formula is C20H24NO6P. The number of carbonyl (C=O) groups is 2. The zero-order valence-corrected chi connectivity index (χ0v) is 16.5. The number of aliphatic carboxylic acids is 1. The minimum absolute atomic E-state index is 0.0485. The largest absolute Gasteiger partial charge is 0.481 e. The van der Waals surface area contributed by atoms with E-state index >= 15 is 0 Å². The van der Waals surface area contributed by atoms with Crippen molar-refractivity contribution in [3.8, 4) is 0 Å². The molecule has 7 nitrogen and oxygen atoms in total. The topological polar surface area (TPSA) is 102 Å². The molecule has 0 aliphatic heterocycles. The highest BCUT2D eigenvalue weighted by Gasteiger charge is 2.34. The van der Waals surface area contributed by atoms with Gasteiger partial charge in [0.25, 0.3) is 0 Å². The van der Waals surface area contributed by atoms with Crippen LogP contribution in [0.1, 0.15) is 18.9 Å². The molecule has 0 saturated carbocycles. The molecule has 0 spiro atoms. The first-order valence-corrected chi connectivity index (χ1v) is 10.5. The van der Waals surface area contributed by atoms with Gasteiger partial charge in [0.15, 0.2) is 0 Å². The lowest BCUT2D eigenvalue weighted by molar-refractivity contribution is -0.137. The van der Waals surface area contributed by atoms with Gasteiger partial charge in [-0.05, 0) is 24.6 Å². The van der Waals surface area contributed by atoms with Gasteiger partial charge in [-0.15, -0.1) is 0 Å². The number of hydrogen-bond donors (Lipinski definition) is 2. The van der Waals surface area contributed by atoms with Crippen LogP contribution in [0.4, 0.5) is 0 Å². The van der Waals surface area contributed by atoms with Crippen LogP contribution in [0.25, 0.3) is 0 Å². The fourth-order valence-electron chi connectivity index (χ4n) is 2.53. The van der Waals surface area contributed by atoms with Gasteiger partial charge in [-0.2, -0.15) is 0 Å². The number of carboxylic acids is 1. The van der Waals surface area contributed by atoms with Crippen molar-refractivity contribution < 1.29 is 28.3 Å². The highest BCUT2D eigenvalue weighted by atomic mass is 31.2. The van der Waals surface area contributed by atoms with Crippen molar-refractivity contribution >= 4 is 24.8 Å². The molecule has 0 aromatic heterocycles. The molecule has 2 N–H and O–H groups in total. The van der Waals surface area contributed by atoms with Gasteiger partial charge in [0.1, 0.15) is 6.10 Å². The Morgan fingerprint density at radius 3 is 2.25 bits per heavy atom. The van der Waals surface area contributed by atoms with Crippen molar-refractivity contribution in [2.45, 2.75) is 25.9 Å². The monoisotopic (exact) mass is 405 g/mol. The minimum atomic E-state index is -3.75. The van der Waals surface area contributed by atoms with Gasteiger partial charge in [0.2, 0.25) is 5.91 Å². The number of benzene rings is 2. The Morgan fingerprint density at radius 2 is 1.68 bits per heavy atom. The summed E-state index contributed by atoms with van der Waals surface area (Å²) < 4.78 is 24.6. The highest BCUT2D eigenvalue weighted by Crippen LogP contribution is 2.48. The Balaban J connectivity index is 2.24. The second kappa shape index (κ2) is 10.8. The molecule has 150 valence electrons. The molecular weight excluding hydrogens is 381 g/mol. The molecule has 0 bridgehead atoms. The van der Waals surface area contributed by atoms with Crippen LogP contribution in [0.3, 0.4) is 0 Å². The molecule has 28 heavy (non-hydrogen) atoms. The lowest BCUT2D eigenvalue weighted by Crippen LogP contribution is -2.39. The third-order valence-corrected chi connectivity index (χ3v) is 5.89. The van der Waals surface area contributed by atoms with Gasteiger partial charge in [0.05, 0.1) is 18.3 Å². The van der Waals surface area contributed by atoms with Crippen molar-refractivity contribution in [3.63, 3.8) is 0 Å². The summed E-state index contributed by atoms with van der Waals surface area (Å²) in [6, 6.07) is 17.6. The molecule has 0 saturated heterocycles. The summed E-state index contributed by atoms with van der Waals surface area (Å²) >= 11 is 0. The molecule has 2 aromatic rings. The van der Waals surface area contributed by atoms with E-state index in [1.165, 1.54) is 0 Å². The second-order valence-corrected chi connectivity index (χ2v) is 7.95. The van der Waals surface area contributed by atoms with Crippen LogP contribution in [0.5, 0.6) is 0 Å². The Kier molecular flexibility index (Phi) is 8.39. The van der Waals surface area contributed by atoms with Gasteiger partial charge in [-0.3, -0.25) is 18.7 Å². The van der Waals surface area contributed by atoms with Crippen molar-refractivity contribution in [1.29, 1.82) is 0 Å². The molecule has 8 heteroatoms. The van der Waals surface area contributed by atoms with E-state index in [0.717, 1.165) is 5.56 Å². The summed E-state index contributed by atoms with van der Waals surface area (Å²) in [6.45, 7) is 1.79. The highest BCUT2D eigenvalue weighted by molar-refractivity contribution is 7.62. The molecule has 0 fully saturated rings.